The van der Waals surface area contributed by atoms with Gasteiger partial charge in [-0.25, -0.2) is 9.38 Å². The number of aromatic amines is 1. The van der Waals surface area contributed by atoms with Gasteiger partial charge in [0, 0.05) is 24.7 Å². The van der Waals surface area contributed by atoms with Crippen LogP contribution in [0.5, 0.6) is 5.75 Å². The zero-order valence-corrected chi connectivity index (χ0v) is 23.8. The van der Waals surface area contributed by atoms with Crippen LogP contribution in [0.25, 0.3) is 28.2 Å². The number of fused-ring (bicyclic) bond motifs is 2. The van der Waals surface area contributed by atoms with Gasteiger partial charge in [0.05, 0.1) is 25.5 Å². The van der Waals surface area contributed by atoms with Crippen molar-refractivity contribution >= 4 is 48.5 Å². The molecule has 0 amide bonds. The van der Waals surface area contributed by atoms with Gasteiger partial charge in [-0.1, -0.05) is 54.3 Å². The van der Waals surface area contributed by atoms with Crippen molar-refractivity contribution in [3.05, 3.63) is 71.1 Å². The zero-order valence-electron chi connectivity index (χ0n) is 21.2. The second-order valence-corrected chi connectivity index (χ2v) is 10.8. The lowest BCUT2D eigenvalue weighted by atomic mass is 10.2. The third-order valence-electron chi connectivity index (χ3n) is 5.18. The van der Waals surface area contributed by atoms with Crippen molar-refractivity contribution in [1.29, 1.82) is 0 Å². The molecular weight excluding hydrogens is 581 g/mol. The highest BCUT2D eigenvalue weighted by molar-refractivity contribution is 8.41. The predicted molar refractivity (Wildman–Crippen MR) is 156 cm³/mol. The Morgan fingerprint density at radius 2 is 1.77 bits per heavy atom. The van der Waals surface area contributed by atoms with E-state index in [2.05, 4.69) is 31.7 Å². The summed E-state index contributed by atoms with van der Waals surface area (Å²) in [7, 11) is 0.460. The standard InChI is InChI=1S/C21H17N5O3S.C3H9O3PS.H2O2/c27-11-10-25-18-17(23-21(25)30-15-8-6-14(28)7-9-15)19(29)26-12-16(22-20(26)24-18)13-4-2-1-3-5-13;1-5-7(8)6-3-2-4;1-2/h1-9,12,27-28H,10-11H2,(H,22,24);4,8H,2-3H2,1H3;1-2H/p+1. The van der Waals surface area contributed by atoms with E-state index in [-0.39, 0.29) is 36.6 Å². The Hall–Kier alpha value is -2.98. The average Bonchev–Trinajstić information content (AvgIpc) is 3.57. The summed E-state index contributed by atoms with van der Waals surface area (Å²) in [5.41, 5.74) is 2.09. The number of nitrogens with zero attached hydrogens (tertiary/aromatic N) is 4. The molecule has 0 saturated heterocycles. The molecule has 0 aliphatic carbocycles. The van der Waals surface area contributed by atoms with Crippen LogP contribution < -0.4 is 5.56 Å². The minimum atomic E-state index is -1.05. The Morgan fingerprint density at radius 1 is 1.07 bits per heavy atom. The van der Waals surface area contributed by atoms with Gasteiger partial charge in [-0.3, -0.25) is 10.1 Å². The first-order valence-corrected chi connectivity index (χ1v) is 14.7. The Bertz CT molecular complexity index is 1550. The number of H-pyrrole nitrogens is 1. The van der Waals surface area contributed by atoms with E-state index in [0.717, 1.165) is 16.2 Å². The summed E-state index contributed by atoms with van der Waals surface area (Å²) >= 11 is 5.21. The first-order chi connectivity index (χ1) is 19.4. The van der Waals surface area contributed by atoms with Crippen LogP contribution in [0.15, 0.2) is 75.6 Å². The molecule has 3 aromatic heterocycles. The lowest BCUT2D eigenvalue weighted by Crippen LogP contribution is -2.14. The number of aliphatic hydroxyl groups excluding tert-OH is 2. The van der Waals surface area contributed by atoms with Gasteiger partial charge in [-0.2, -0.15) is 4.98 Å². The molecule has 1 unspecified atom stereocenters. The average molecular weight is 611 g/mol. The first-order valence-electron chi connectivity index (χ1n) is 11.6. The first kappa shape index (κ1) is 31.5. The molecule has 0 spiro atoms. The Kier molecular flexibility index (Phi) is 12.4. The molecule has 5 rings (SSSR count). The number of thiol groups is 1. The highest BCUT2D eigenvalue weighted by atomic mass is 32.7. The molecule has 0 radical (unpaired) electrons. The van der Waals surface area contributed by atoms with Crippen LogP contribution in [0, 0.1) is 0 Å². The highest BCUT2D eigenvalue weighted by Gasteiger charge is 2.19. The van der Waals surface area contributed by atoms with Crippen LogP contribution in [-0.4, -0.2) is 76.7 Å². The molecular formula is C24H29N5O8PS2+. The van der Waals surface area contributed by atoms with Crippen molar-refractivity contribution in [3.8, 4) is 17.0 Å². The summed E-state index contributed by atoms with van der Waals surface area (Å²) in [6, 6.07) is 16.4. The molecule has 5 aromatic rings. The van der Waals surface area contributed by atoms with Crippen LogP contribution in [0.2, 0.25) is 0 Å². The molecule has 0 aliphatic rings. The molecule has 0 bridgehead atoms. The van der Waals surface area contributed by atoms with Crippen LogP contribution in [-0.2, 0) is 15.6 Å². The maximum Gasteiger partial charge on any atom is 0.287 e. The van der Waals surface area contributed by atoms with E-state index >= 15 is 0 Å². The number of benzene rings is 2. The molecule has 13 nitrogen and oxygen atoms in total. The minimum absolute atomic E-state index is 0.0166. The molecule has 7 N–H and O–H groups in total. The van der Waals surface area contributed by atoms with E-state index in [9.17, 15) is 15.0 Å². The lowest BCUT2D eigenvalue weighted by Gasteiger charge is -2.06. The Balaban J connectivity index is 0.000000383. The monoisotopic (exact) mass is 610 g/mol. The maximum atomic E-state index is 13.1. The van der Waals surface area contributed by atoms with E-state index in [1.165, 1.54) is 23.3 Å². The zero-order chi connectivity index (χ0) is 29.1. The van der Waals surface area contributed by atoms with E-state index in [0.29, 0.717) is 23.2 Å². The number of rotatable bonds is 9. The van der Waals surface area contributed by atoms with Crippen molar-refractivity contribution in [2.75, 3.05) is 26.9 Å². The molecule has 0 fully saturated rings. The minimum Gasteiger partial charge on any atom is -0.508 e. The molecule has 3 heterocycles. The van der Waals surface area contributed by atoms with Crippen molar-refractivity contribution in [3.63, 3.8) is 0 Å². The summed E-state index contributed by atoms with van der Waals surface area (Å²) in [4.78, 5) is 26.3. The fourth-order valence-corrected chi connectivity index (χ4v) is 4.97. The summed E-state index contributed by atoms with van der Waals surface area (Å²) in [6.45, 7) is 0.452. The van der Waals surface area contributed by atoms with Gasteiger partial charge in [-0.15, -0.1) is 5.26 Å². The fraction of sp³-hybridized carbons (Fsp3) is 0.208. The van der Waals surface area contributed by atoms with Crippen molar-refractivity contribution in [2.24, 2.45) is 0 Å². The second-order valence-electron chi connectivity index (χ2n) is 7.66. The number of aromatic hydroxyl groups is 1. The summed E-state index contributed by atoms with van der Waals surface area (Å²) in [5.74, 6) is 0.582. The fourth-order valence-electron chi connectivity index (χ4n) is 3.47. The largest absolute Gasteiger partial charge is 0.508 e. The van der Waals surface area contributed by atoms with Gasteiger partial charge in [0.2, 0.25) is 13.4 Å². The molecule has 16 heteroatoms. The smallest absolute Gasteiger partial charge is 0.287 e. The van der Waals surface area contributed by atoms with Crippen molar-refractivity contribution in [1.82, 2.24) is 23.9 Å². The number of imidazole rings is 2. The van der Waals surface area contributed by atoms with Gasteiger partial charge < -0.3 is 33.9 Å². The summed E-state index contributed by atoms with van der Waals surface area (Å²) in [5, 5.41) is 38.8. The van der Waals surface area contributed by atoms with Crippen LogP contribution in [0.3, 0.4) is 0 Å². The third-order valence-corrected chi connectivity index (χ3v) is 7.73. The second kappa shape index (κ2) is 15.7. The number of hydrogen-bond acceptors (Lipinski definition) is 11. The summed E-state index contributed by atoms with van der Waals surface area (Å²) in [6.07, 6.45) is 1.72. The molecule has 40 heavy (non-hydrogen) atoms. The SMILES string of the molecule is COP(S)OCCO.O=c1c2nc(Sc3ccc(O)cc3)n(CCO)c2nc2[nH]c(-c3ccccc3)cn12.O[OH2+]. The molecule has 2 aromatic carbocycles. The van der Waals surface area contributed by atoms with E-state index < -0.39 is 7.58 Å². The molecule has 0 aliphatic heterocycles. The van der Waals surface area contributed by atoms with E-state index in [1.54, 1.807) is 35.0 Å². The number of hydrogen-bond donors (Lipinski definition) is 6. The number of phenols is 1. The summed E-state index contributed by atoms with van der Waals surface area (Å²) < 4.78 is 12.6. The quantitative estimate of drug-likeness (QED) is 0.0476. The van der Waals surface area contributed by atoms with Crippen LogP contribution in [0.4, 0.5) is 0 Å². The van der Waals surface area contributed by atoms with Gasteiger partial charge in [-0.05, 0) is 29.8 Å². The number of aliphatic hydroxyl groups is 2. The Morgan fingerprint density at radius 3 is 2.40 bits per heavy atom. The molecule has 0 saturated carbocycles. The lowest BCUT2D eigenvalue weighted by molar-refractivity contribution is -0.176. The Labute approximate surface area is 238 Å². The molecule has 1 atom stereocenters. The van der Waals surface area contributed by atoms with E-state index in [4.69, 9.17) is 20.1 Å². The number of phenolic OH excluding ortho intramolecular Hbond substituents is 1. The van der Waals surface area contributed by atoms with Gasteiger partial charge in [0.25, 0.3) is 5.56 Å². The van der Waals surface area contributed by atoms with Gasteiger partial charge in [0.1, 0.15) is 5.75 Å². The van der Waals surface area contributed by atoms with Gasteiger partial charge >= 0.3 is 0 Å². The topological polar surface area (TPSA) is 190 Å². The van der Waals surface area contributed by atoms with Crippen molar-refractivity contribution in [2.45, 2.75) is 16.6 Å². The van der Waals surface area contributed by atoms with E-state index in [1.807, 2.05) is 30.3 Å². The van der Waals surface area contributed by atoms with Crippen LogP contribution in [0.1, 0.15) is 0 Å². The van der Waals surface area contributed by atoms with Gasteiger partial charge in [0.15, 0.2) is 16.3 Å². The number of nitrogens with one attached hydrogen (secondary N) is 1. The number of aromatic nitrogens is 5. The third kappa shape index (κ3) is 7.81. The molecule has 214 valence electrons. The normalized spacial score (nSPS) is 11.6. The van der Waals surface area contributed by atoms with Crippen molar-refractivity contribution < 1.29 is 34.9 Å². The van der Waals surface area contributed by atoms with Crippen LogP contribution >= 0.6 is 31.6 Å². The highest BCUT2D eigenvalue weighted by Crippen LogP contribution is 2.41. The predicted octanol–water partition coefficient (Wildman–Crippen LogP) is 2.87. The maximum absolute atomic E-state index is 13.1.